The highest BCUT2D eigenvalue weighted by molar-refractivity contribution is 7.98. The Kier molecular flexibility index (Phi) is 7.70. The molecule has 3 N–H and O–H groups in total. The fraction of sp³-hybridized carbons (Fsp3) is 0.846. The first kappa shape index (κ1) is 16.1. The number of hydrogen-bond donors (Lipinski definition) is 3. The zero-order valence-corrected chi connectivity index (χ0v) is 12.3. The van der Waals surface area contributed by atoms with E-state index in [2.05, 4.69) is 10.6 Å². The molecule has 0 saturated heterocycles. The van der Waals surface area contributed by atoms with Crippen LogP contribution in [0.25, 0.3) is 0 Å². The highest BCUT2D eigenvalue weighted by atomic mass is 32.2. The van der Waals surface area contributed by atoms with Gasteiger partial charge in [-0.1, -0.05) is 19.3 Å². The summed E-state index contributed by atoms with van der Waals surface area (Å²) in [4.78, 5) is 23.0. The van der Waals surface area contributed by atoms with E-state index in [9.17, 15) is 14.7 Å². The molecule has 1 aliphatic rings. The molecule has 0 aromatic rings. The number of carboxylic acid groups (broad SMARTS) is 1. The fourth-order valence-electron chi connectivity index (χ4n) is 2.41. The van der Waals surface area contributed by atoms with Crippen LogP contribution in [-0.4, -0.2) is 41.7 Å². The fourth-order valence-corrected chi connectivity index (χ4v) is 2.85. The Labute approximate surface area is 118 Å². The van der Waals surface area contributed by atoms with Gasteiger partial charge in [0, 0.05) is 12.6 Å². The summed E-state index contributed by atoms with van der Waals surface area (Å²) in [6.07, 6.45) is 7.36. The molecule has 0 aromatic carbocycles. The minimum atomic E-state index is -0.797. The van der Waals surface area contributed by atoms with Crippen molar-refractivity contribution in [3.05, 3.63) is 0 Å². The number of nitrogens with one attached hydrogen (secondary N) is 2. The van der Waals surface area contributed by atoms with E-state index < -0.39 is 11.9 Å². The number of urea groups is 1. The summed E-state index contributed by atoms with van der Waals surface area (Å²) in [7, 11) is 0. The minimum Gasteiger partial charge on any atom is -0.481 e. The van der Waals surface area contributed by atoms with E-state index in [0.717, 1.165) is 37.9 Å². The van der Waals surface area contributed by atoms with Gasteiger partial charge >= 0.3 is 12.0 Å². The molecule has 0 heterocycles. The zero-order chi connectivity index (χ0) is 14.1. The largest absolute Gasteiger partial charge is 0.481 e. The Morgan fingerprint density at radius 2 is 2.00 bits per heavy atom. The maximum atomic E-state index is 11.7. The van der Waals surface area contributed by atoms with Crippen molar-refractivity contribution in [2.75, 3.05) is 18.6 Å². The second-order valence-corrected chi connectivity index (χ2v) is 5.92. The molecule has 19 heavy (non-hydrogen) atoms. The third-order valence-corrected chi connectivity index (χ3v) is 4.16. The molecule has 2 unspecified atom stereocenters. The average molecular weight is 288 g/mol. The molecular formula is C13H24N2O3S. The molecule has 1 aliphatic carbocycles. The molecule has 2 amide bonds. The van der Waals surface area contributed by atoms with Crippen LogP contribution in [0.4, 0.5) is 4.79 Å². The monoisotopic (exact) mass is 288 g/mol. The molecule has 1 saturated carbocycles. The quantitative estimate of drug-likeness (QED) is 0.516. The van der Waals surface area contributed by atoms with Crippen LogP contribution < -0.4 is 10.6 Å². The lowest BCUT2D eigenvalue weighted by Gasteiger charge is -2.23. The molecule has 0 aromatic heterocycles. The van der Waals surface area contributed by atoms with Crippen molar-refractivity contribution in [1.82, 2.24) is 10.6 Å². The average Bonchev–Trinajstić information content (AvgIpc) is 2.60. The first-order valence-corrected chi connectivity index (χ1v) is 8.30. The predicted molar refractivity (Wildman–Crippen MR) is 77.5 cm³/mol. The first-order chi connectivity index (χ1) is 9.15. The van der Waals surface area contributed by atoms with E-state index in [1.165, 1.54) is 0 Å². The van der Waals surface area contributed by atoms with E-state index in [-0.39, 0.29) is 12.1 Å². The van der Waals surface area contributed by atoms with Crippen LogP contribution in [0.1, 0.15) is 38.5 Å². The van der Waals surface area contributed by atoms with Gasteiger partial charge in [-0.3, -0.25) is 4.79 Å². The maximum absolute atomic E-state index is 11.7. The Morgan fingerprint density at radius 3 is 2.68 bits per heavy atom. The van der Waals surface area contributed by atoms with Crippen LogP contribution in [0.15, 0.2) is 0 Å². The van der Waals surface area contributed by atoms with Gasteiger partial charge in [-0.25, -0.2) is 4.79 Å². The van der Waals surface area contributed by atoms with Crippen molar-refractivity contribution in [3.8, 4) is 0 Å². The maximum Gasteiger partial charge on any atom is 0.315 e. The first-order valence-electron chi connectivity index (χ1n) is 6.91. The third kappa shape index (κ3) is 6.18. The van der Waals surface area contributed by atoms with Crippen molar-refractivity contribution < 1.29 is 14.7 Å². The summed E-state index contributed by atoms with van der Waals surface area (Å²) >= 11 is 1.75. The van der Waals surface area contributed by atoms with Crippen molar-refractivity contribution in [2.45, 2.75) is 44.6 Å². The number of carbonyl (C=O) groups excluding carboxylic acids is 1. The van der Waals surface area contributed by atoms with Gasteiger partial charge in [0.05, 0.1) is 5.92 Å². The van der Waals surface area contributed by atoms with Crippen LogP contribution in [0.3, 0.4) is 0 Å². The molecular weight excluding hydrogens is 264 g/mol. The number of amides is 2. The van der Waals surface area contributed by atoms with Gasteiger partial charge in [-0.05, 0) is 31.3 Å². The summed E-state index contributed by atoms with van der Waals surface area (Å²) in [5.41, 5.74) is 0. The number of thioether (sulfide) groups is 1. The molecule has 5 nitrogen and oxygen atoms in total. The molecule has 0 spiro atoms. The number of aliphatic carboxylic acids is 1. The molecule has 0 radical (unpaired) electrons. The molecule has 6 heteroatoms. The number of carboxylic acids is 1. The van der Waals surface area contributed by atoms with Gasteiger partial charge in [-0.2, -0.15) is 11.8 Å². The van der Waals surface area contributed by atoms with Gasteiger partial charge < -0.3 is 15.7 Å². The van der Waals surface area contributed by atoms with E-state index in [1.807, 2.05) is 6.26 Å². The van der Waals surface area contributed by atoms with Crippen LogP contribution in [-0.2, 0) is 4.79 Å². The second kappa shape index (κ2) is 9.07. The molecule has 2 atom stereocenters. The molecule has 110 valence electrons. The lowest BCUT2D eigenvalue weighted by molar-refractivity contribution is -0.142. The molecule has 0 aliphatic heterocycles. The predicted octanol–water partition coefficient (Wildman–Crippen LogP) is 2.07. The lowest BCUT2D eigenvalue weighted by atomic mass is 9.95. The summed E-state index contributed by atoms with van der Waals surface area (Å²) in [6, 6.07) is -0.472. The van der Waals surface area contributed by atoms with Gasteiger partial charge in [0.1, 0.15) is 0 Å². The van der Waals surface area contributed by atoms with E-state index in [1.54, 1.807) is 11.8 Å². The third-order valence-electron chi connectivity index (χ3n) is 3.46. The highest BCUT2D eigenvalue weighted by Crippen LogP contribution is 2.23. The smallest absolute Gasteiger partial charge is 0.315 e. The number of rotatable bonds is 6. The molecule has 1 fully saturated rings. The Balaban J connectivity index is 2.38. The standard InChI is InChI=1S/C13H24N2O3S/c1-19-9-5-8-14-13(18)15-11-7-4-2-3-6-10(11)12(16)17/h10-11H,2-9H2,1H3,(H,16,17)(H2,14,15,18). The van der Waals surface area contributed by atoms with Crippen molar-refractivity contribution in [1.29, 1.82) is 0 Å². The normalized spacial score (nSPS) is 23.4. The Hall–Kier alpha value is -0.910. The van der Waals surface area contributed by atoms with Crippen molar-refractivity contribution in [3.63, 3.8) is 0 Å². The van der Waals surface area contributed by atoms with Gasteiger partial charge in [-0.15, -0.1) is 0 Å². The van der Waals surface area contributed by atoms with E-state index in [4.69, 9.17) is 0 Å². The Bertz CT molecular complexity index is 300. The molecule has 1 rings (SSSR count). The highest BCUT2D eigenvalue weighted by Gasteiger charge is 2.30. The van der Waals surface area contributed by atoms with Gasteiger partial charge in [0.15, 0.2) is 0 Å². The van der Waals surface area contributed by atoms with Crippen LogP contribution >= 0.6 is 11.8 Å². The summed E-state index contributed by atoms with van der Waals surface area (Å²) in [5, 5.41) is 14.8. The van der Waals surface area contributed by atoms with Crippen LogP contribution in [0.5, 0.6) is 0 Å². The second-order valence-electron chi connectivity index (χ2n) is 4.94. The number of hydrogen-bond acceptors (Lipinski definition) is 3. The topological polar surface area (TPSA) is 78.4 Å². The zero-order valence-electron chi connectivity index (χ0n) is 11.5. The summed E-state index contributed by atoms with van der Waals surface area (Å²) < 4.78 is 0. The van der Waals surface area contributed by atoms with Gasteiger partial charge in [0.2, 0.25) is 0 Å². The van der Waals surface area contributed by atoms with E-state index >= 15 is 0 Å². The summed E-state index contributed by atoms with van der Waals surface area (Å²) in [5.74, 6) is -0.226. The SMILES string of the molecule is CSCCCNC(=O)NC1CCCCCC1C(=O)O. The van der Waals surface area contributed by atoms with Gasteiger partial charge in [0.25, 0.3) is 0 Å². The van der Waals surface area contributed by atoms with Crippen molar-refractivity contribution in [2.24, 2.45) is 5.92 Å². The summed E-state index contributed by atoms with van der Waals surface area (Å²) in [6.45, 7) is 0.636. The van der Waals surface area contributed by atoms with Crippen LogP contribution in [0.2, 0.25) is 0 Å². The molecule has 0 bridgehead atoms. The van der Waals surface area contributed by atoms with E-state index in [0.29, 0.717) is 13.0 Å². The lowest BCUT2D eigenvalue weighted by Crippen LogP contribution is -2.47. The van der Waals surface area contributed by atoms with Crippen LogP contribution in [0, 0.1) is 5.92 Å². The minimum absolute atomic E-state index is 0.236. The Morgan fingerprint density at radius 1 is 1.26 bits per heavy atom. The van der Waals surface area contributed by atoms with Crippen molar-refractivity contribution >= 4 is 23.8 Å². The number of carbonyl (C=O) groups is 2.